The van der Waals surface area contributed by atoms with Crippen molar-refractivity contribution < 1.29 is 4.79 Å². The van der Waals surface area contributed by atoms with Crippen LogP contribution < -0.4 is 10.2 Å². The molecular weight excluding hydrogens is 318 g/mol. The summed E-state index contributed by atoms with van der Waals surface area (Å²) < 4.78 is 1.70. The average molecular weight is 339 g/mol. The van der Waals surface area contributed by atoms with E-state index in [1.54, 1.807) is 11.0 Å². The number of imidazole rings is 1. The highest BCUT2D eigenvalue weighted by molar-refractivity contribution is 5.90. The van der Waals surface area contributed by atoms with Gasteiger partial charge in [0.2, 0.25) is 11.8 Å². The number of hydrogen-bond acceptors (Lipinski definition) is 5. The Hall–Kier alpha value is -2.90. The van der Waals surface area contributed by atoms with Crippen molar-refractivity contribution >= 4 is 22.9 Å². The number of aromatic nitrogens is 5. The summed E-state index contributed by atoms with van der Waals surface area (Å²) >= 11 is 0. The van der Waals surface area contributed by atoms with Crippen molar-refractivity contribution in [2.45, 2.75) is 32.4 Å². The van der Waals surface area contributed by atoms with Gasteiger partial charge in [-0.05, 0) is 32.9 Å². The predicted octanol–water partition coefficient (Wildman–Crippen LogP) is 1.53. The average Bonchev–Trinajstić information content (AvgIpc) is 3.15. The largest absolute Gasteiger partial charge is 0.343 e. The van der Waals surface area contributed by atoms with Gasteiger partial charge < -0.3 is 15.2 Å². The monoisotopic (exact) mass is 339 g/mol. The van der Waals surface area contributed by atoms with E-state index < -0.39 is 0 Å². The number of nitrogens with zero attached hydrogens (tertiary/aromatic N) is 5. The molecule has 1 aromatic carbocycles. The van der Waals surface area contributed by atoms with E-state index in [4.69, 9.17) is 0 Å². The van der Waals surface area contributed by atoms with Gasteiger partial charge >= 0.3 is 0 Å². The van der Waals surface area contributed by atoms with Gasteiger partial charge in [0.25, 0.3) is 5.91 Å². The van der Waals surface area contributed by atoms with Gasteiger partial charge in [0.1, 0.15) is 6.33 Å². The Morgan fingerprint density at radius 3 is 2.72 bits per heavy atom. The van der Waals surface area contributed by atoms with E-state index >= 15 is 0 Å². The van der Waals surface area contributed by atoms with Crippen LogP contribution in [-0.2, 0) is 5.54 Å². The van der Waals surface area contributed by atoms with Crippen LogP contribution in [0.4, 0.5) is 5.95 Å². The molecule has 130 valence electrons. The molecule has 0 atom stereocenters. The number of H-pyrrole nitrogens is 1. The first-order chi connectivity index (χ1) is 11.9. The smallest absolute Gasteiger partial charge is 0.291 e. The van der Waals surface area contributed by atoms with Crippen LogP contribution in [0.2, 0.25) is 0 Å². The van der Waals surface area contributed by atoms with Gasteiger partial charge in [-0.1, -0.05) is 12.1 Å². The molecule has 3 aromatic rings. The first-order valence-corrected chi connectivity index (χ1v) is 8.33. The first-order valence-electron chi connectivity index (χ1n) is 8.33. The number of carbonyl (C=O) groups is 1. The fraction of sp³-hybridized carbons (Fsp3) is 0.412. The maximum Gasteiger partial charge on any atom is 0.291 e. The van der Waals surface area contributed by atoms with Crippen molar-refractivity contribution in [1.82, 2.24) is 30.0 Å². The molecular formula is C17H21N7O. The van der Waals surface area contributed by atoms with Crippen molar-refractivity contribution in [3.8, 4) is 0 Å². The molecule has 2 aromatic heterocycles. The van der Waals surface area contributed by atoms with Crippen molar-refractivity contribution in [1.29, 1.82) is 0 Å². The van der Waals surface area contributed by atoms with E-state index in [1.807, 2.05) is 45.0 Å². The van der Waals surface area contributed by atoms with E-state index in [2.05, 4.69) is 30.3 Å². The van der Waals surface area contributed by atoms with Crippen LogP contribution in [0.15, 0.2) is 30.6 Å². The highest BCUT2D eigenvalue weighted by Crippen LogP contribution is 2.21. The zero-order valence-corrected chi connectivity index (χ0v) is 14.5. The SMILES string of the molecule is CC(C)(C)n1cnc(C(=O)NC2CN(c3nc4ccccc4[nH]3)C2)n1. The lowest BCUT2D eigenvalue weighted by atomic mass is 10.1. The number of carbonyl (C=O) groups excluding carboxylic acids is 1. The zero-order valence-electron chi connectivity index (χ0n) is 14.5. The Morgan fingerprint density at radius 1 is 1.28 bits per heavy atom. The summed E-state index contributed by atoms with van der Waals surface area (Å²) in [7, 11) is 0. The summed E-state index contributed by atoms with van der Waals surface area (Å²) in [4.78, 5) is 26.4. The molecule has 1 amide bonds. The molecule has 0 bridgehead atoms. The van der Waals surface area contributed by atoms with Gasteiger partial charge in [-0.3, -0.25) is 4.79 Å². The van der Waals surface area contributed by atoms with E-state index in [0.29, 0.717) is 13.1 Å². The standard InChI is InChI=1S/C17H21N7O/c1-17(2,3)24-10-18-14(22-24)15(25)19-11-8-23(9-11)16-20-12-6-4-5-7-13(12)21-16/h4-7,10-11H,8-9H2,1-3H3,(H,19,25)(H,20,21). The number of amides is 1. The molecule has 0 saturated carbocycles. The second-order valence-electron chi connectivity index (χ2n) is 7.34. The fourth-order valence-corrected chi connectivity index (χ4v) is 2.77. The van der Waals surface area contributed by atoms with Gasteiger partial charge in [0.15, 0.2) is 0 Å². The van der Waals surface area contributed by atoms with Crippen molar-refractivity contribution in [2.75, 3.05) is 18.0 Å². The van der Waals surface area contributed by atoms with E-state index in [0.717, 1.165) is 17.0 Å². The van der Waals surface area contributed by atoms with Crippen LogP contribution in [0, 0.1) is 0 Å². The van der Waals surface area contributed by atoms with E-state index in [9.17, 15) is 4.79 Å². The summed E-state index contributed by atoms with van der Waals surface area (Å²) in [6.07, 6.45) is 1.59. The summed E-state index contributed by atoms with van der Waals surface area (Å²) in [5.74, 6) is 0.802. The molecule has 1 aliphatic heterocycles. The van der Waals surface area contributed by atoms with Gasteiger partial charge in [0, 0.05) is 13.1 Å². The quantitative estimate of drug-likeness (QED) is 0.755. The molecule has 3 heterocycles. The number of fused-ring (bicyclic) bond motifs is 1. The maximum absolute atomic E-state index is 12.3. The summed E-state index contributed by atoms with van der Waals surface area (Å²) in [6.45, 7) is 7.47. The number of aromatic amines is 1. The molecule has 1 saturated heterocycles. The Labute approximate surface area is 145 Å². The lowest BCUT2D eigenvalue weighted by Crippen LogP contribution is -2.60. The molecule has 1 fully saturated rings. The van der Waals surface area contributed by atoms with Crippen LogP contribution >= 0.6 is 0 Å². The second kappa shape index (κ2) is 5.58. The summed E-state index contributed by atoms with van der Waals surface area (Å²) in [5.41, 5.74) is 1.77. The van der Waals surface area contributed by atoms with Crippen molar-refractivity contribution in [3.05, 3.63) is 36.4 Å². The first kappa shape index (κ1) is 15.6. The molecule has 2 N–H and O–H groups in total. The second-order valence-corrected chi connectivity index (χ2v) is 7.34. The Balaban J connectivity index is 1.36. The lowest BCUT2D eigenvalue weighted by Gasteiger charge is -2.39. The minimum Gasteiger partial charge on any atom is -0.343 e. The zero-order chi connectivity index (χ0) is 17.6. The Bertz CT molecular complexity index is 881. The Kier molecular flexibility index (Phi) is 3.48. The van der Waals surface area contributed by atoms with Gasteiger partial charge in [-0.15, -0.1) is 5.10 Å². The normalized spacial score (nSPS) is 15.4. The molecule has 25 heavy (non-hydrogen) atoms. The molecule has 0 aliphatic carbocycles. The Morgan fingerprint density at radius 2 is 2.04 bits per heavy atom. The highest BCUT2D eigenvalue weighted by atomic mass is 16.2. The minimum absolute atomic E-state index is 0.0716. The molecule has 4 rings (SSSR count). The fourth-order valence-electron chi connectivity index (χ4n) is 2.77. The third-order valence-corrected chi connectivity index (χ3v) is 4.28. The maximum atomic E-state index is 12.3. The van der Waals surface area contributed by atoms with Crippen LogP contribution in [0.5, 0.6) is 0 Å². The molecule has 8 heteroatoms. The predicted molar refractivity (Wildman–Crippen MR) is 94.6 cm³/mol. The minimum atomic E-state index is -0.239. The highest BCUT2D eigenvalue weighted by Gasteiger charge is 2.31. The summed E-state index contributed by atoms with van der Waals surface area (Å²) in [5, 5.41) is 7.23. The molecule has 0 radical (unpaired) electrons. The number of rotatable bonds is 3. The molecule has 8 nitrogen and oxygen atoms in total. The van der Waals surface area contributed by atoms with Crippen molar-refractivity contribution in [2.24, 2.45) is 0 Å². The third kappa shape index (κ3) is 2.95. The number of anilines is 1. The van der Waals surface area contributed by atoms with Crippen LogP contribution in [-0.4, -0.2) is 49.8 Å². The van der Waals surface area contributed by atoms with Gasteiger partial charge in [0.05, 0.1) is 22.6 Å². The van der Waals surface area contributed by atoms with E-state index in [1.165, 1.54) is 0 Å². The van der Waals surface area contributed by atoms with Crippen LogP contribution in [0.25, 0.3) is 11.0 Å². The number of nitrogens with one attached hydrogen (secondary N) is 2. The van der Waals surface area contributed by atoms with Crippen LogP contribution in [0.1, 0.15) is 31.4 Å². The number of hydrogen-bond donors (Lipinski definition) is 2. The van der Waals surface area contributed by atoms with Gasteiger partial charge in [-0.2, -0.15) is 0 Å². The molecule has 1 aliphatic rings. The summed E-state index contributed by atoms with van der Waals surface area (Å²) in [6, 6.07) is 8.00. The van der Waals surface area contributed by atoms with E-state index in [-0.39, 0.29) is 23.3 Å². The third-order valence-electron chi connectivity index (χ3n) is 4.28. The molecule has 0 spiro atoms. The lowest BCUT2D eigenvalue weighted by molar-refractivity contribution is 0.0918. The molecule has 0 unspecified atom stereocenters. The number of para-hydroxylation sites is 2. The topological polar surface area (TPSA) is 91.7 Å². The number of benzene rings is 1. The van der Waals surface area contributed by atoms with Gasteiger partial charge in [-0.25, -0.2) is 14.6 Å². The van der Waals surface area contributed by atoms with Crippen molar-refractivity contribution in [3.63, 3.8) is 0 Å². The van der Waals surface area contributed by atoms with Crippen LogP contribution in [0.3, 0.4) is 0 Å².